The monoisotopic (exact) mass is 563 g/mol. The number of piperidine rings is 3. The van der Waals surface area contributed by atoms with Crippen molar-refractivity contribution < 1.29 is 23.2 Å². The molecule has 11 heteroatoms. The smallest absolute Gasteiger partial charge is 0.255 e. The molecule has 6 atom stereocenters. The van der Waals surface area contributed by atoms with Gasteiger partial charge in [-0.3, -0.25) is 14.4 Å². The molecule has 3 heterocycles. The van der Waals surface area contributed by atoms with Gasteiger partial charge in [0.15, 0.2) is 0 Å². The van der Waals surface area contributed by atoms with Gasteiger partial charge in [-0.2, -0.15) is 5.26 Å². The number of fused-ring (bicyclic) bond motifs is 3. The Bertz CT molecular complexity index is 1130. The number of alkyl halides is 2. The standard InChI is InChI=1S/C28H36ClF2N5O3/c1-16(2)11-23(34-19-7-3-6-18(29)13-19)27(39)36-21-8-9-22(28(30,31)14-21)24(36)26(38)35-20(15-32)12-17-5-4-10-33-25(17)37/h3,6-7,13,16-17,20-24,34H,4-5,8-12,14H2,1-2H3,(H,33,37)(H,35,38)/t17-,20+,21-,22-,23-,24-/m1/s1. The van der Waals surface area contributed by atoms with Crippen LogP contribution < -0.4 is 16.0 Å². The SMILES string of the molecule is CC(C)C[C@@H](Nc1cccc(Cl)c1)C(=O)N1[C@@H]2CC[C@H]([C@@H]1C(=O)N[C@H](C#N)C[C@H]1CCCNC1=O)C(F)(F)C2. The minimum Gasteiger partial charge on any atom is -0.374 e. The maximum absolute atomic E-state index is 15.1. The van der Waals surface area contributed by atoms with Crippen LogP contribution in [0.1, 0.15) is 58.8 Å². The quantitative estimate of drug-likeness (QED) is 0.418. The van der Waals surface area contributed by atoms with Crippen LogP contribution in [0.2, 0.25) is 5.02 Å². The molecule has 4 fully saturated rings. The van der Waals surface area contributed by atoms with Crippen molar-refractivity contribution in [1.82, 2.24) is 15.5 Å². The summed E-state index contributed by atoms with van der Waals surface area (Å²) in [5.41, 5.74) is 0.616. The Labute approximate surface area is 232 Å². The van der Waals surface area contributed by atoms with E-state index in [9.17, 15) is 19.6 Å². The zero-order valence-corrected chi connectivity index (χ0v) is 23.0. The lowest BCUT2D eigenvalue weighted by Crippen LogP contribution is -2.70. The van der Waals surface area contributed by atoms with Crippen LogP contribution in [0.3, 0.4) is 0 Å². The predicted octanol–water partition coefficient (Wildman–Crippen LogP) is 4.11. The van der Waals surface area contributed by atoms with E-state index in [1.807, 2.05) is 19.9 Å². The minimum absolute atomic E-state index is 0.0888. The fourth-order valence-electron chi connectivity index (χ4n) is 6.22. The lowest BCUT2D eigenvalue weighted by Gasteiger charge is -2.54. The van der Waals surface area contributed by atoms with E-state index >= 15 is 8.78 Å². The second kappa shape index (κ2) is 12.1. The molecule has 1 aromatic rings. The summed E-state index contributed by atoms with van der Waals surface area (Å²) in [6.07, 6.45) is 1.85. The normalized spacial score (nSPS) is 27.3. The number of hydrogen-bond acceptors (Lipinski definition) is 5. The van der Waals surface area contributed by atoms with Crippen molar-refractivity contribution in [3.05, 3.63) is 29.3 Å². The van der Waals surface area contributed by atoms with Crippen molar-refractivity contribution >= 4 is 35.0 Å². The van der Waals surface area contributed by atoms with Crippen LogP contribution in [-0.4, -0.2) is 59.3 Å². The number of nitrogens with one attached hydrogen (secondary N) is 3. The van der Waals surface area contributed by atoms with Crippen molar-refractivity contribution in [1.29, 1.82) is 5.26 Å². The summed E-state index contributed by atoms with van der Waals surface area (Å²) in [4.78, 5) is 41.2. The third-order valence-corrected chi connectivity index (χ3v) is 8.26. The van der Waals surface area contributed by atoms with E-state index in [0.717, 1.165) is 6.42 Å². The number of carbonyl (C=O) groups excluding carboxylic acids is 3. The van der Waals surface area contributed by atoms with Gasteiger partial charge in [0, 0.05) is 35.6 Å². The Morgan fingerprint density at radius 2 is 2.05 bits per heavy atom. The molecule has 39 heavy (non-hydrogen) atoms. The van der Waals surface area contributed by atoms with Gasteiger partial charge in [0.2, 0.25) is 17.7 Å². The molecule has 212 valence electrons. The van der Waals surface area contributed by atoms with Crippen molar-refractivity contribution in [2.24, 2.45) is 17.8 Å². The van der Waals surface area contributed by atoms with Crippen molar-refractivity contribution in [2.75, 3.05) is 11.9 Å². The molecule has 2 bridgehead atoms. The molecule has 1 aromatic carbocycles. The van der Waals surface area contributed by atoms with Crippen molar-refractivity contribution in [2.45, 2.75) is 88.9 Å². The van der Waals surface area contributed by atoms with Gasteiger partial charge in [-0.15, -0.1) is 0 Å². The summed E-state index contributed by atoms with van der Waals surface area (Å²) < 4.78 is 30.3. The Morgan fingerprint density at radius 3 is 2.69 bits per heavy atom. The molecule has 0 unspecified atom stereocenters. The maximum atomic E-state index is 15.1. The van der Waals surface area contributed by atoms with Gasteiger partial charge < -0.3 is 20.9 Å². The van der Waals surface area contributed by atoms with Crippen molar-refractivity contribution in [3.63, 3.8) is 0 Å². The first-order chi connectivity index (χ1) is 18.5. The van der Waals surface area contributed by atoms with E-state index in [4.69, 9.17) is 11.6 Å². The second-order valence-corrected chi connectivity index (χ2v) is 11.8. The number of nitriles is 1. The molecule has 3 amide bonds. The molecule has 0 radical (unpaired) electrons. The second-order valence-electron chi connectivity index (χ2n) is 11.4. The van der Waals surface area contributed by atoms with Crippen LogP contribution >= 0.6 is 11.6 Å². The largest absolute Gasteiger partial charge is 0.374 e. The summed E-state index contributed by atoms with van der Waals surface area (Å²) in [7, 11) is 0. The van der Waals surface area contributed by atoms with Gasteiger partial charge in [-0.1, -0.05) is 31.5 Å². The number of hydrogen-bond donors (Lipinski definition) is 3. The van der Waals surface area contributed by atoms with Gasteiger partial charge in [0.1, 0.15) is 18.1 Å². The topological polar surface area (TPSA) is 114 Å². The number of halogens is 3. The first kappa shape index (κ1) is 29.1. The summed E-state index contributed by atoms with van der Waals surface area (Å²) in [6, 6.07) is 4.91. The molecule has 4 aliphatic rings. The van der Waals surface area contributed by atoms with Gasteiger partial charge in [-0.05, 0) is 62.6 Å². The molecular weight excluding hydrogens is 528 g/mol. The van der Waals surface area contributed by atoms with Crippen molar-refractivity contribution in [3.8, 4) is 6.07 Å². The lowest BCUT2D eigenvalue weighted by atomic mass is 9.71. The van der Waals surface area contributed by atoms with Crippen LogP contribution in [0.5, 0.6) is 0 Å². The molecule has 0 spiro atoms. The highest BCUT2D eigenvalue weighted by Crippen LogP contribution is 2.49. The Hall–Kier alpha value is -2.93. The summed E-state index contributed by atoms with van der Waals surface area (Å²) >= 11 is 6.13. The van der Waals surface area contributed by atoms with Gasteiger partial charge in [-0.25, -0.2) is 8.78 Å². The zero-order valence-electron chi connectivity index (χ0n) is 22.3. The fourth-order valence-corrected chi connectivity index (χ4v) is 6.41. The highest BCUT2D eigenvalue weighted by molar-refractivity contribution is 6.30. The number of anilines is 1. The van der Waals surface area contributed by atoms with E-state index in [2.05, 4.69) is 16.0 Å². The van der Waals surface area contributed by atoms with Gasteiger partial charge >= 0.3 is 0 Å². The number of benzene rings is 1. The van der Waals surface area contributed by atoms with E-state index in [1.54, 1.807) is 24.3 Å². The summed E-state index contributed by atoms with van der Waals surface area (Å²) in [5.74, 6) is -6.18. The Morgan fingerprint density at radius 1 is 1.28 bits per heavy atom. The Kier molecular flexibility index (Phi) is 9.00. The molecular formula is C28H36ClF2N5O3. The van der Waals surface area contributed by atoms with E-state index in [0.29, 0.717) is 36.5 Å². The molecule has 3 saturated heterocycles. The zero-order chi connectivity index (χ0) is 28.3. The van der Waals surface area contributed by atoms with Crippen LogP contribution in [0.15, 0.2) is 24.3 Å². The van der Waals surface area contributed by atoms with E-state index < -0.39 is 60.2 Å². The van der Waals surface area contributed by atoms with Gasteiger partial charge in [0.25, 0.3) is 5.92 Å². The number of rotatable bonds is 9. The predicted molar refractivity (Wildman–Crippen MR) is 143 cm³/mol. The highest BCUT2D eigenvalue weighted by Gasteiger charge is 2.61. The first-order valence-electron chi connectivity index (χ1n) is 13.7. The highest BCUT2D eigenvalue weighted by atomic mass is 35.5. The molecule has 0 aromatic heterocycles. The van der Waals surface area contributed by atoms with Gasteiger partial charge in [0.05, 0.1) is 12.0 Å². The molecule has 1 saturated carbocycles. The average molecular weight is 564 g/mol. The number of carbonyl (C=O) groups is 3. The third-order valence-electron chi connectivity index (χ3n) is 8.02. The Balaban J connectivity index is 1.58. The van der Waals surface area contributed by atoms with Crippen LogP contribution in [0.25, 0.3) is 0 Å². The first-order valence-corrected chi connectivity index (χ1v) is 14.1. The molecule has 3 N–H and O–H groups in total. The molecule has 8 nitrogen and oxygen atoms in total. The fraction of sp³-hybridized carbons (Fsp3) is 0.643. The van der Waals surface area contributed by atoms with Crippen LogP contribution in [0.4, 0.5) is 14.5 Å². The maximum Gasteiger partial charge on any atom is 0.255 e. The number of amides is 3. The van der Waals surface area contributed by atoms with E-state index in [1.165, 1.54) is 4.90 Å². The molecule has 1 aliphatic carbocycles. The number of nitrogens with zero attached hydrogens (tertiary/aromatic N) is 2. The van der Waals surface area contributed by atoms with E-state index in [-0.39, 0.29) is 24.7 Å². The average Bonchev–Trinajstić information content (AvgIpc) is 2.87. The summed E-state index contributed by atoms with van der Waals surface area (Å²) in [5, 5.41) is 18.8. The minimum atomic E-state index is -3.11. The molecule has 3 aliphatic heterocycles. The van der Waals surface area contributed by atoms with Crippen LogP contribution in [0, 0.1) is 29.1 Å². The summed E-state index contributed by atoms with van der Waals surface area (Å²) in [6.45, 7) is 4.48. The third kappa shape index (κ3) is 6.63. The molecule has 5 rings (SSSR count). The van der Waals surface area contributed by atoms with Crippen LogP contribution in [-0.2, 0) is 14.4 Å². The lowest BCUT2D eigenvalue weighted by molar-refractivity contribution is -0.194.